The van der Waals surface area contributed by atoms with Gasteiger partial charge in [0.2, 0.25) is 0 Å². The van der Waals surface area contributed by atoms with Gasteiger partial charge in [0.1, 0.15) is 17.5 Å². The van der Waals surface area contributed by atoms with E-state index in [-0.39, 0.29) is 6.04 Å². The molecule has 2 heterocycles. The maximum absolute atomic E-state index is 5.46. The van der Waals surface area contributed by atoms with Crippen LogP contribution in [0.1, 0.15) is 37.5 Å². The molecule has 0 amide bonds. The van der Waals surface area contributed by atoms with Crippen molar-refractivity contribution in [2.24, 2.45) is 11.8 Å². The van der Waals surface area contributed by atoms with E-state index in [1.807, 2.05) is 13.0 Å². The second-order valence-corrected chi connectivity index (χ2v) is 5.91. The van der Waals surface area contributed by atoms with Gasteiger partial charge in [0.15, 0.2) is 0 Å². The Morgan fingerprint density at radius 3 is 2.60 bits per heavy atom. The zero-order valence-corrected chi connectivity index (χ0v) is 12.9. The Bertz CT molecular complexity index is 516. The number of aryl methyl sites for hydroxylation is 1. The third-order valence-electron chi connectivity index (χ3n) is 3.06. The SMILES string of the molecule is CCc1nc(NN)cc(NC(c2cccs2)C(C)C)n1. The molecule has 5 nitrogen and oxygen atoms in total. The highest BCUT2D eigenvalue weighted by Gasteiger charge is 2.17. The van der Waals surface area contributed by atoms with Gasteiger partial charge in [-0.2, -0.15) is 0 Å². The van der Waals surface area contributed by atoms with Crippen LogP contribution < -0.4 is 16.6 Å². The smallest absolute Gasteiger partial charge is 0.145 e. The Labute approximate surface area is 123 Å². The topological polar surface area (TPSA) is 75.9 Å². The summed E-state index contributed by atoms with van der Waals surface area (Å²) in [6, 6.07) is 6.29. The molecule has 2 aromatic heterocycles. The lowest BCUT2D eigenvalue weighted by Crippen LogP contribution is -2.18. The van der Waals surface area contributed by atoms with Crippen LogP contribution in [0.3, 0.4) is 0 Å². The van der Waals surface area contributed by atoms with E-state index in [1.54, 1.807) is 11.3 Å². The molecule has 0 bridgehead atoms. The number of nitrogen functional groups attached to an aromatic ring is 1. The number of hydrogen-bond donors (Lipinski definition) is 3. The Morgan fingerprint density at radius 2 is 2.05 bits per heavy atom. The zero-order valence-electron chi connectivity index (χ0n) is 12.1. The number of rotatable bonds is 6. The zero-order chi connectivity index (χ0) is 14.5. The molecule has 108 valence electrons. The fourth-order valence-corrected chi connectivity index (χ4v) is 2.95. The summed E-state index contributed by atoms with van der Waals surface area (Å²) in [5, 5.41) is 5.59. The van der Waals surface area contributed by atoms with E-state index >= 15 is 0 Å². The van der Waals surface area contributed by atoms with Crippen molar-refractivity contribution in [3.63, 3.8) is 0 Å². The number of nitrogens with zero attached hydrogens (tertiary/aromatic N) is 2. The quantitative estimate of drug-likeness (QED) is 0.563. The van der Waals surface area contributed by atoms with Gasteiger partial charge in [-0.15, -0.1) is 11.3 Å². The van der Waals surface area contributed by atoms with Crippen LogP contribution in [0.25, 0.3) is 0 Å². The van der Waals surface area contributed by atoms with Crippen LogP contribution in [0.5, 0.6) is 0 Å². The van der Waals surface area contributed by atoms with Crippen molar-refractivity contribution in [1.82, 2.24) is 9.97 Å². The molecule has 4 N–H and O–H groups in total. The molecule has 0 spiro atoms. The van der Waals surface area contributed by atoms with Gasteiger partial charge in [0, 0.05) is 17.4 Å². The minimum atomic E-state index is 0.236. The lowest BCUT2D eigenvalue weighted by Gasteiger charge is -2.22. The summed E-state index contributed by atoms with van der Waals surface area (Å²) in [7, 11) is 0. The van der Waals surface area contributed by atoms with E-state index in [1.165, 1.54) is 4.88 Å². The summed E-state index contributed by atoms with van der Waals surface area (Å²) in [5.41, 5.74) is 2.59. The highest BCUT2D eigenvalue weighted by atomic mass is 32.1. The maximum atomic E-state index is 5.46. The molecule has 0 aliphatic heterocycles. The molecular weight excluding hydrogens is 270 g/mol. The third kappa shape index (κ3) is 3.46. The predicted molar refractivity (Wildman–Crippen MR) is 84.7 cm³/mol. The molecule has 0 fully saturated rings. The molecule has 0 aliphatic carbocycles. The van der Waals surface area contributed by atoms with Crippen molar-refractivity contribution in [2.45, 2.75) is 33.2 Å². The largest absolute Gasteiger partial charge is 0.362 e. The van der Waals surface area contributed by atoms with Gasteiger partial charge in [-0.1, -0.05) is 26.8 Å². The predicted octanol–water partition coefficient (Wildman–Crippen LogP) is 3.20. The van der Waals surface area contributed by atoms with Gasteiger partial charge >= 0.3 is 0 Å². The number of hydrogen-bond acceptors (Lipinski definition) is 6. The van der Waals surface area contributed by atoms with Gasteiger partial charge in [-0.25, -0.2) is 15.8 Å². The van der Waals surface area contributed by atoms with Crippen molar-refractivity contribution in [3.05, 3.63) is 34.3 Å². The Balaban J connectivity index is 2.26. The summed E-state index contributed by atoms with van der Waals surface area (Å²) >= 11 is 1.75. The molecule has 20 heavy (non-hydrogen) atoms. The van der Waals surface area contributed by atoms with E-state index in [2.05, 4.69) is 52.1 Å². The van der Waals surface area contributed by atoms with E-state index in [0.29, 0.717) is 11.7 Å². The highest BCUT2D eigenvalue weighted by molar-refractivity contribution is 7.10. The number of aromatic nitrogens is 2. The van der Waals surface area contributed by atoms with Crippen molar-refractivity contribution in [3.8, 4) is 0 Å². The maximum Gasteiger partial charge on any atom is 0.145 e. The monoisotopic (exact) mass is 291 g/mol. The molecule has 0 saturated carbocycles. The minimum absolute atomic E-state index is 0.236. The number of hydrazine groups is 1. The number of nitrogens with one attached hydrogen (secondary N) is 2. The summed E-state index contributed by atoms with van der Waals surface area (Å²) in [6.45, 7) is 6.42. The Kier molecular flexibility index (Phi) is 4.92. The standard InChI is InChI=1S/C14H21N5S/c1-4-11-16-12(8-13(17-11)19-15)18-14(9(2)3)10-6-5-7-20-10/h5-9,14H,4,15H2,1-3H3,(H2,16,17,18,19). The Morgan fingerprint density at radius 1 is 1.30 bits per heavy atom. The van der Waals surface area contributed by atoms with Crippen LogP contribution in [0, 0.1) is 5.92 Å². The van der Waals surface area contributed by atoms with E-state index in [9.17, 15) is 0 Å². The fraction of sp³-hybridized carbons (Fsp3) is 0.429. The first kappa shape index (κ1) is 14.7. The lowest BCUT2D eigenvalue weighted by molar-refractivity contribution is 0.551. The fourth-order valence-electron chi connectivity index (χ4n) is 2.00. The second-order valence-electron chi connectivity index (χ2n) is 4.93. The molecule has 2 aromatic rings. The second kappa shape index (κ2) is 6.67. The van der Waals surface area contributed by atoms with E-state index < -0.39 is 0 Å². The first-order chi connectivity index (χ1) is 9.63. The molecule has 6 heteroatoms. The first-order valence-corrected chi connectivity index (χ1v) is 7.66. The minimum Gasteiger partial charge on any atom is -0.362 e. The molecule has 0 radical (unpaired) electrons. The van der Waals surface area contributed by atoms with Crippen molar-refractivity contribution in [1.29, 1.82) is 0 Å². The molecule has 1 unspecified atom stereocenters. The van der Waals surface area contributed by atoms with E-state index in [4.69, 9.17) is 5.84 Å². The molecule has 1 atom stereocenters. The molecule has 2 rings (SSSR count). The van der Waals surface area contributed by atoms with Crippen LogP contribution in [0.15, 0.2) is 23.6 Å². The number of anilines is 2. The van der Waals surface area contributed by atoms with Crippen LogP contribution in [-0.2, 0) is 6.42 Å². The Hall–Kier alpha value is -1.66. The van der Waals surface area contributed by atoms with Crippen molar-refractivity contribution >= 4 is 23.0 Å². The summed E-state index contributed by atoms with van der Waals surface area (Å²) in [4.78, 5) is 10.1. The molecular formula is C14H21N5S. The van der Waals surface area contributed by atoms with Crippen LogP contribution >= 0.6 is 11.3 Å². The van der Waals surface area contributed by atoms with Gasteiger partial charge in [-0.05, 0) is 17.4 Å². The third-order valence-corrected chi connectivity index (χ3v) is 4.01. The molecule has 0 aliphatic rings. The summed E-state index contributed by atoms with van der Waals surface area (Å²) in [6.07, 6.45) is 0.773. The summed E-state index contributed by atoms with van der Waals surface area (Å²) < 4.78 is 0. The van der Waals surface area contributed by atoms with Crippen LogP contribution in [0.4, 0.5) is 11.6 Å². The van der Waals surface area contributed by atoms with Gasteiger partial charge in [0.25, 0.3) is 0 Å². The van der Waals surface area contributed by atoms with Gasteiger partial charge in [-0.3, -0.25) is 0 Å². The molecule has 0 aromatic carbocycles. The van der Waals surface area contributed by atoms with Crippen molar-refractivity contribution in [2.75, 3.05) is 10.7 Å². The highest BCUT2D eigenvalue weighted by Crippen LogP contribution is 2.29. The lowest BCUT2D eigenvalue weighted by atomic mass is 10.0. The van der Waals surface area contributed by atoms with Crippen molar-refractivity contribution < 1.29 is 0 Å². The average Bonchev–Trinajstić information content (AvgIpc) is 2.97. The van der Waals surface area contributed by atoms with Crippen LogP contribution in [-0.4, -0.2) is 9.97 Å². The van der Waals surface area contributed by atoms with Crippen LogP contribution in [0.2, 0.25) is 0 Å². The number of thiophene rings is 1. The normalized spacial score (nSPS) is 12.4. The first-order valence-electron chi connectivity index (χ1n) is 6.78. The summed E-state index contributed by atoms with van der Waals surface area (Å²) in [5.74, 6) is 8.13. The average molecular weight is 291 g/mol. The van der Waals surface area contributed by atoms with Gasteiger partial charge in [0.05, 0.1) is 6.04 Å². The number of nitrogens with two attached hydrogens (primary N) is 1. The van der Waals surface area contributed by atoms with E-state index in [0.717, 1.165) is 18.1 Å². The molecule has 0 saturated heterocycles. The van der Waals surface area contributed by atoms with Gasteiger partial charge < -0.3 is 10.7 Å².